The highest BCUT2D eigenvalue weighted by Crippen LogP contribution is 2.16. The Labute approximate surface area is 105 Å². The molecule has 0 saturated heterocycles. The molecular formula is C12H16N2O4. The first kappa shape index (κ1) is 14.0. The zero-order valence-electron chi connectivity index (χ0n) is 10.0. The molecule has 0 radical (unpaired) electrons. The third-order valence-electron chi connectivity index (χ3n) is 2.32. The number of hydrogen-bond acceptors (Lipinski definition) is 4. The lowest BCUT2D eigenvalue weighted by Gasteiger charge is -2.15. The smallest absolute Gasteiger partial charge is 0.325 e. The fourth-order valence-electron chi connectivity index (χ4n) is 1.47. The number of amides is 1. The zero-order chi connectivity index (χ0) is 13.5. The average molecular weight is 252 g/mol. The minimum Gasteiger partial charge on any atom is -0.508 e. The van der Waals surface area contributed by atoms with Crippen molar-refractivity contribution < 1.29 is 19.8 Å². The summed E-state index contributed by atoms with van der Waals surface area (Å²) in [4.78, 5) is 21.7. The maximum Gasteiger partial charge on any atom is 0.325 e. The molecule has 1 atom stereocenters. The number of phenolic OH excluding ortho intramolecular Hbond substituents is 1. The Bertz CT molecular complexity index is 417. The highest BCUT2D eigenvalue weighted by atomic mass is 16.4. The van der Waals surface area contributed by atoms with Gasteiger partial charge < -0.3 is 15.5 Å². The second-order valence-corrected chi connectivity index (χ2v) is 3.80. The van der Waals surface area contributed by atoms with Gasteiger partial charge in [-0.2, -0.15) is 0 Å². The zero-order valence-corrected chi connectivity index (χ0v) is 10.0. The normalized spacial score (nSPS) is 11.8. The Hall–Kier alpha value is -2.08. The van der Waals surface area contributed by atoms with Crippen molar-refractivity contribution in [3.63, 3.8) is 0 Å². The molecule has 0 saturated carbocycles. The molecule has 1 aromatic carbocycles. The number of rotatable bonds is 6. The summed E-state index contributed by atoms with van der Waals surface area (Å²) in [6.07, 6.45) is 0. The van der Waals surface area contributed by atoms with Gasteiger partial charge in [0.05, 0.1) is 0 Å². The lowest BCUT2D eigenvalue weighted by atomic mass is 10.1. The van der Waals surface area contributed by atoms with Crippen molar-refractivity contribution in [3.05, 3.63) is 29.8 Å². The molecular weight excluding hydrogens is 236 g/mol. The summed E-state index contributed by atoms with van der Waals surface area (Å²) in [5.41, 5.74) is 0.545. The summed E-state index contributed by atoms with van der Waals surface area (Å²) in [5.74, 6) is -1.09. The monoisotopic (exact) mass is 252 g/mol. The Kier molecular flexibility index (Phi) is 5.13. The number of nitrogens with one attached hydrogen (secondary N) is 2. The summed E-state index contributed by atoms with van der Waals surface area (Å²) in [6, 6.07) is 5.08. The molecule has 0 aliphatic carbocycles. The van der Waals surface area contributed by atoms with E-state index in [0.29, 0.717) is 18.7 Å². The second kappa shape index (κ2) is 6.61. The highest BCUT2D eigenvalue weighted by Gasteiger charge is 2.18. The first-order chi connectivity index (χ1) is 8.50. The summed E-state index contributed by atoms with van der Waals surface area (Å²) >= 11 is 0. The molecule has 0 fully saturated rings. The largest absolute Gasteiger partial charge is 0.508 e. The van der Waals surface area contributed by atoms with E-state index in [-0.39, 0.29) is 11.7 Å². The lowest BCUT2D eigenvalue weighted by Crippen LogP contribution is -2.35. The van der Waals surface area contributed by atoms with Gasteiger partial charge in [0.15, 0.2) is 0 Å². The van der Waals surface area contributed by atoms with Crippen molar-refractivity contribution in [2.75, 3.05) is 13.1 Å². The van der Waals surface area contributed by atoms with Crippen LogP contribution in [0.5, 0.6) is 5.75 Å². The minimum absolute atomic E-state index is 0.0844. The molecule has 4 N–H and O–H groups in total. The predicted molar refractivity (Wildman–Crippen MR) is 65.2 cm³/mol. The summed E-state index contributed by atoms with van der Waals surface area (Å²) < 4.78 is 0. The van der Waals surface area contributed by atoms with E-state index in [1.807, 2.05) is 0 Å². The van der Waals surface area contributed by atoms with E-state index in [9.17, 15) is 9.59 Å². The number of aliphatic carboxylic acids is 1. The standard InChI is InChI=1S/C12H16N2O4/c1-8(15)13-6-7-14-11(12(17)18)9-2-4-10(16)5-3-9/h2-5,11,14,16H,6-7H2,1H3,(H,13,15)(H,17,18). The van der Waals surface area contributed by atoms with Gasteiger partial charge in [-0.25, -0.2) is 0 Å². The molecule has 0 aliphatic rings. The van der Waals surface area contributed by atoms with Gasteiger partial charge in [0.1, 0.15) is 11.8 Å². The molecule has 18 heavy (non-hydrogen) atoms. The van der Waals surface area contributed by atoms with E-state index in [2.05, 4.69) is 10.6 Å². The topological polar surface area (TPSA) is 98.7 Å². The van der Waals surface area contributed by atoms with Crippen molar-refractivity contribution in [2.45, 2.75) is 13.0 Å². The van der Waals surface area contributed by atoms with Crippen LogP contribution < -0.4 is 10.6 Å². The third kappa shape index (κ3) is 4.42. The van der Waals surface area contributed by atoms with Crippen molar-refractivity contribution in [3.8, 4) is 5.75 Å². The summed E-state index contributed by atoms with van der Waals surface area (Å²) in [7, 11) is 0. The number of phenols is 1. The minimum atomic E-state index is -1.01. The van der Waals surface area contributed by atoms with Crippen LogP contribution in [-0.2, 0) is 9.59 Å². The van der Waals surface area contributed by atoms with Gasteiger partial charge in [-0.3, -0.25) is 14.9 Å². The SMILES string of the molecule is CC(=O)NCCNC(C(=O)O)c1ccc(O)cc1. The van der Waals surface area contributed by atoms with E-state index < -0.39 is 12.0 Å². The van der Waals surface area contributed by atoms with Crippen LogP contribution in [0.25, 0.3) is 0 Å². The number of carbonyl (C=O) groups excluding carboxylic acids is 1. The molecule has 6 heteroatoms. The molecule has 1 aromatic rings. The van der Waals surface area contributed by atoms with Crippen LogP contribution in [0.1, 0.15) is 18.5 Å². The number of carboxylic acids is 1. The average Bonchev–Trinajstić information content (AvgIpc) is 2.30. The molecule has 1 unspecified atom stereocenters. The Balaban J connectivity index is 2.57. The van der Waals surface area contributed by atoms with Crippen molar-refractivity contribution in [1.29, 1.82) is 0 Å². The molecule has 98 valence electrons. The Morgan fingerprint density at radius 3 is 2.33 bits per heavy atom. The maximum absolute atomic E-state index is 11.1. The van der Waals surface area contributed by atoms with E-state index in [0.717, 1.165) is 0 Å². The molecule has 1 rings (SSSR count). The van der Waals surface area contributed by atoms with Crippen LogP contribution in [0.2, 0.25) is 0 Å². The fourth-order valence-corrected chi connectivity index (χ4v) is 1.47. The number of carbonyl (C=O) groups is 2. The van der Waals surface area contributed by atoms with Crippen molar-refractivity contribution in [2.24, 2.45) is 0 Å². The van der Waals surface area contributed by atoms with Crippen molar-refractivity contribution >= 4 is 11.9 Å². The van der Waals surface area contributed by atoms with E-state index in [1.165, 1.54) is 19.1 Å². The second-order valence-electron chi connectivity index (χ2n) is 3.80. The van der Waals surface area contributed by atoms with Crippen LogP contribution in [0, 0.1) is 0 Å². The van der Waals surface area contributed by atoms with Gasteiger partial charge in [0.25, 0.3) is 0 Å². The highest BCUT2D eigenvalue weighted by molar-refractivity contribution is 5.75. The molecule has 0 bridgehead atoms. The van der Waals surface area contributed by atoms with E-state index in [4.69, 9.17) is 10.2 Å². The van der Waals surface area contributed by atoms with Crippen molar-refractivity contribution in [1.82, 2.24) is 10.6 Å². The first-order valence-corrected chi connectivity index (χ1v) is 5.50. The number of carboxylic acid groups (broad SMARTS) is 1. The number of aromatic hydroxyl groups is 1. The lowest BCUT2D eigenvalue weighted by molar-refractivity contribution is -0.139. The van der Waals surface area contributed by atoms with Gasteiger partial charge >= 0.3 is 5.97 Å². The fraction of sp³-hybridized carbons (Fsp3) is 0.333. The molecule has 6 nitrogen and oxygen atoms in total. The molecule has 0 aliphatic heterocycles. The van der Waals surface area contributed by atoms with E-state index in [1.54, 1.807) is 12.1 Å². The summed E-state index contributed by atoms with van der Waals surface area (Å²) in [6.45, 7) is 2.10. The van der Waals surface area contributed by atoms with Crippen LogP contribution in [-0.4, -0.2) is 35.2 Å². The Morgan fingerprint density at radius 1 is 1.22 bits per heavy atom. The van der Waals surface area contributed by atoms with Gasteiger partial charge in [-0.05, 0) is 17.7 Å². The first-order valence-electron chi connectivity index (χ1n) is 5.50. The van der Waals surface area contributed by atoms with Gasteiger partial charge in [0.2, 0.25) is 5.91 Å². The van der Waals surface area contributed by atoms with Crippen LogP contribution >= 0.6 is 0 Å². The quantitative estimate of drug-likeness (QED) is 0.544. The molecule has 0 aromatic heterocycles. The van der Waals surface area contributed by atoms with Gasteiger partial charge in [-0.1, -0.05) is 12.1 Å². The van der Waals surface area contributed by atoms with Gasteiger partial charge in [0, 0.05) is 20.0 Å². The molecule has 0 spiro atoms. The third-order valence-corrected chi connectivity index (χ3v) is 2.32. The predicted octanol–water partition coefficient (Wildman–Crippen LogP) is 0.244. The maximum atomic E-state index is 11.1. The van der Waals surface area contributed by atoms with Crippen LogP contribution in [0.15, 0.2) is 24.3 Å². The van der Waals surface area contributed by atoms with Crippen LogP contribution in [0.4, 0.5) is 0 Å². The number of hydrogen-bond donors (Lipinski definition) is 4. The van der Waals surface area contributed by atoms with Crippen LogP contribution in [0.3, 0.4) is 0 Å². The Morgan fingerprint density at radius 2 is 1.83 bits per heavy atom. The number of benzene rings is 1. The summed E-state index contributed by atoms with van der Waals surface area (Å²) in [5, 5.41) is 23.6. The van der Waals surface area contributed by atoms with Gasteiger partial charge in [-0.15, -0.1) is 0 Å². The van der Waals surface area contributed by atoms with E-state index >= 15 is 0 Å². The molecule has 0 heterocycles. The molecule has 1 amide bonds.